The van der Waals surface area contributed by atoms with Gasteiger partial charge in [0.05, 0.1) is 0 Å². The van der Waals surface area contributed by atoms with Crippen LogP contribution in [0.1, 0.15) is 5.56 Å². The molecular formula is C18H14FN5. The van der Waals surface area contributed by atoms with Crippen LogP contribution in [0.2, 0.25) is 0 Å². The topological polar surface area (TPSA) is 55.1 Å². The highest BCUT2D eigenvalue weighted by atomic mass is 19.1. The van der Waals surface area contributed by atoms with Crippen LogP contribution in [-0.4, -0.2) is 19.8 Å². The smallest absolute Gasteiger partial charge is 0.185 e. The van der Waals surface area contributed by atoms with Crippen molar-refractivity contribution >= 4 is 17.2 Å². The van der Waals surface area contributed by atoms with E-state index < -0.39 is 0 Å². The molecule has 4 aromatic rings. The molecule has 2 aromatic heterocycles. The minimum absolute atomic E-state index is 0.274. The zero-order chi connectivity index (χ0) is 16.5. The van der Waals surface area contributed by atoms with Gasteiger partial charge in [0.1, 0.15) is 5.82 Å². The lowest BCUT2D eigenvalue weighted by Crippen LogP contribution is -2.01. The number of aryl methyl sites for hydroxylation is 1. The van der Waals surface area contributed by atoms with Gasteiger partial charge in [0.25, 0.3) is 0 Å². The second-order valence-electron chi connectivity index (χ2n) is 5.46. The maximum Gasteiger partial charge on any atom is 0.185 e. The first-order valence-corrected chi connectivity index (χ1v) is 7.52. The van der Waals surface area contributed by atoms with E-state index >= 15 is 0 Å². The van der Waals surface area contributed by atoms with Crippen LogP contribution in [0.4, 0.5) is 15.9 Å². The molecule has 0 saturated carbocycles. The normalized spacial score (nSPS) is 10.9. The Labute approximate surface area is 137 Å². The zero-order valence-corrected chi connectivity index (χ0v) is 12.9. The number of nitrogens with one attached hydrogen (secondary N) is 1. The lowest BCUT2D eigenvalue weighted by Gasteiger charge is -2.07. The lowest BCUT2D eigenvalue weighted by atomic mass is 10.1. The van der Waals surface area contributed by atoms with Crippen molar-refractivity contribution in [3.05, 3.63) is 72.0 Å². The Morgan fingerprint density at radius 3 is 2.50 bits per heavy atom. The van der Waals surface area contributed by atoms with E-state index in [1.807, 2.05) is 43.3 Å². The molecule has 2 heterocycles. The summed E-state index contributed by atoms with van der Waals surface area (Å²) in [5.74, 6) is 1.04. The summed E-state index contributed by atoms with van der Waals surface area (Å²) in [6.45, 7) is 2.02. The second-order valence-corrected chi connectivity index (χ2v) is 5.46. The number of nitrogens with zero attached hydrogens (tertiary/aromatic N) is 4. The van der Waals surface area contributed by atoms with Crippen molar-refractivity contribution in [2.45, 2.75) is 6.92 Å². The summed E-state index contributed by atoms with van der Waals surface area (Å²) in [5.41, 5.74) is 3.51. The van der Waals surface area contributed by atoms with E-state index in [0.717, 1.165) is 16.8 Å². The molecule has 0 aliphatic heterocycles. The number of aromatic nitrogens is 4. The van der Waals surface area contributed by atoms with E-state index in [1.165, 1.54) is 12.1 Å². The fourth-order valence-electron chi connectivity index (χ4n) is 2.53. The van der Waals surface area contributed by atoms with Gasteiger partial charge >= 0.3 is 0 Å². The summed E-state index contributed by atoms with van der Waals surface area (Å²) < 4.78 is 14.7. The van der Waals surface area contributed by atoms with Crippen molar-refractivity contribution in [2.75, 3.05) is 5.32 Å². The maximum atomic E-state index is 13.0. The first-order valence-electron chi connectivity index (χ1n) is 7.52. The highest BCUT2D eigenvalue weighted by Gasteiger charge is 2.11. The van der Waals surface area contributed by atoms with Crippen LogP contribution >= 0.6 is 0 Å². The molecule has 0 atom stereocenters. The van der Waals surface area contributed by atoms with E-state index in [4.69, 9.17) is 0 Å². The van der Waals surface area contributed by atoms with Crippen molar-refractivity contribution in [1.29, 1.82) is 0 Å². The van der Waals surface area contributed by atoms with Gasteiger partial charge in [0, 0.05) is 11.3 Å². The molecule has 0 radical (unpaired) electrons. The van der Waals surface area contributed by atoms with Gasteiger partial charge in [-0.1, -0.05) is 24.3 Å². The standard InChI is InChI=1S/C18H14FN5/c1-12-4-2-3-5-15(12)18-22-21-17-11-10-16(23-24(17)18)20-14-8-6-13(19)7-9-14/h2-11H,1H3,(H,20,23). The average molecular weight is 319 g/mol. The van der Waals surface area contributed by atoms with Gasteiger partial charge in [-0.3, -0.25) is 0 Å². The number of halogens is 1. The summed E-state index contributed by atoms with van der Waals surface area (Å²) in [6, 6.07) is 17.7. The van der Waals surface area contributed by atoms with Gasteiger partial charge in [0.2, 0.25) is 0 Å². The van der Waals surface area contributed by atoms with Crippen LogP contribution in [0.15, 0.2) is 60.7 Å². The van der Waals surface area contributed by atoms with Gasteiger partial charge in [-0.25, -0.2) is 4.39 Å². The van der Waals surface area contributed by atoms with Gasteiger partial charge in [-0.05, 0) is 48.9 Å². The number of rotatable bonds is 3. The van der Waals surface area contributed by atoms with Gasteiger partial charge in [-0.2, -0.15) is 4.52 Å². The molecule has 0 unspecified atom stereocenters. The van der Waals surface area contributed by atoms with Crippen LogP contribution in [0.5, 0.6) is 0 Å². The molecule has 0 spiro atoms. The van der Waals surface area contributed by atoms with E-state index in [-0.39, 0.29) is 5.82 Å². The lowest BCUT2D eigenvalue weighted by molar-refractivity contribution is 0.628. The Kier molecular flexibility index (Phi) is 3.42. The number of hydrogen-bond acceptors (Lipinski definition) is 4. The second kappa shape index (κ2) is 5.73. The summed E-state index contributed by atoms with van der Waals surface area (Å²) in [4.78, 5) is 0. The molecular weight excluding hydrogens is 305 g/mol. The predicted molar refractivity (Wildman–Crippen MR) is 90.6 cm³/mol. The molecule has 0 fully saturated rings. The average Bonchev–Trinajstić information content (AvgIpc) is 3.00. The summed E-state index contributed by atoms with van der Waals surface area (Å²) in [6.07, 6.45) is 0. The molecule has 0 aliphatic rings. The number of anilines is 2. The molecule has 4 rings (SSSR count). The van der Waals surface area contributed by atoms with Crippen molar-refractivity contribution in [3.8, 4) is 11.4 Å². The predicted octanol–water partition coefficient (Wildman–Crippen LogP) is 3.98. The van der Waals surface area contributed by atoms with Crippen LogP contribution < -0.4 is 5.32 Å². The van der Waals surface area contributed by atoms with Crippen LogP contribution in [-0.2, 0) is 0 Å². The van der Waals surface area contributed by atoms with Crippen molar-refractivity contribution in [1.82, 2.24) is 19.8 Å². The first-order chi connectivity index (χ1) is 11.7. The Hall–Kier alpha value is -3.28. The Morgan fingerprint density at radius 2 is 1.71 bits per heavy atom. The van der Waals surface area contributed by atoms with Crippen molar-refractivity contribution < 1.29 is 4.39 Å². The van der Waals surface area contributed by atoms with Crippen LogP contribution in [0.3, 0.4) is 0 Å². The highest BCUT2D eigenvalue weighted by Crippen LogP contribution is 2.22. The monoisotopic (exact) mass is 319 g/mol. The Balaban J connectivity index is 1.76. The highest BCUT2D eigenvalue weighted by molar-refractivity contribution is 5.64. The molecule has 2 aromatic carbocycles. The molecule has 118 valence electrons. The SMILES string of the molecule is Cc1ccccc1-c1nnc2ccc(Nc3ccc(F)cc3)nn12. The number of fused-ring (bicyclic) bond motifs is 1. The third-order valence-electron chi connectivity index (χ3n) is 3.77. The third kappa shape index (κ3) is 2.58. The Bertz CT molecular complexity index is 1010. The fourth-order valence-corrected chi connectivity index (χ4v) is 2.53. The minimum Gasteiger partial charge on any atom is -0.339 e. The zero-order valence-electron chi connectivity index (χ0n) is 12.9. The molecule has 0 amide bonds. The first kappa shape index (κ1) is 14.3. The molecule has 5 nitrogen and oxygen atoms in total. The van der Waals surface area contributed by atoms with E-state index in [1.54, 1.807) is 16.6 Å². The summed E-state index contributed by atoms with van der Waals surface area (Å²) >= 11 is 0. The van der Waals surface area contributed by atoms with Crippen molar-refractivity contribution in [3.63, 3.8) is 0 Å². The van der Waals surface area contributed by atoms with E-state index in [9.17, 15) is 4.39 Å². The quantitative estimate of drug-likeness (QED) is 0.620. The molecule has 0 aliphatic carbocycles. The largest absolute Gasteiger partial charge is 0.339 e. The molecule has 0 bridgehead atoms. The van der Waals surface area contributed by atoms with E-state index in [2.05, 4.69) is 20.6 Å². The fraction of sp³-hybridized carbons (Fsp3) is 0.0556. The van der Waals surface area contributed by atoms with Crippen molar-refractivity contribution in [2.24, 2.45) is 0 Å². The summed E-state index contributed by atoms with van der Waals surface area (Å²) in [7, 11) is 0. The molecule has 1 N–H and O–H groups in total. The molecule has 0 saturated heterocycles. The minimum atomic E-state index is -0.274. The van der Waals surface area contributed by atoms with Crippen LogP contribution in [0.25, 0.3) is 17.0 Å². The summed E-state index contributed by atoms with van der Waals surface area (Å²) in [5, 5.41) is 16.1. The Morgan fingerprint density at radius 1 is 0.917 bits per heavy atom. The molecule has 6 heteroatoms. The number of hydrogen-bond donors (Lipinski definition) is 1. The molecule has 24 heavy (non-hydrogen) atoms. The van der Waals surface area contributed by atoms with E-state index in [0.29, 0.717) is 17.3 Å². The third-order valence-corrected chi connectivity index (χ3v) is 3.77. The van der Waals surface area contributed by atoms with Crippen LogP contribution in [0, 0.1) is 12.7 Å². The van der Waals surface area contributed by atoms with Gasteiger partial charge in [0.15, 0.2) is 17.3 Å². The van der Waals surface area contributed by atoms with Gasteiger partial charge < -0.3 is 5.32 Å². The maximum absolute atomic E-state index is 13.0. The number of benzene rings is 2. The van der Waals surface area contributed by atoms with Gasteiger partial charge in [-0.15, -0.1) is 15.3 Å².